The molecule has 0 saturated carbocycles. The largest absolute Gasteiger partial charge is 0.390 e. The molecule has 1 saturated heterocycles. The monoisotopic (exact) mass is 231 g/mol. The van der Waals surface area contributed by atoms with Gasteiger partial charge in [-0.3, -0.25) is 4.90 Å². The first-order valence-electron chi connectivity index (χ1n) is 6.17. The molecule has 1 aliphatic heterocycles. The van der Waals surface area contributed by atoms with E-state index in [2.05, 4.69) is 18.7 Å². The number of rotatable bonds is 6. The lowest BCUT2D eigenvalue weighted by molar-refractivity contribution is -0.0975. The zero-order valence-electron chi connectivity index (χ0n) is 10.7. The van der Waals surface area contributed by atoms with Crippen LogP contribution in [0.5, 0.6) is 0 Å². The molecule has 4 heteroatoms. The summed E-state index contributed by atoms with van der Waals surface area (Å²) in [5.41, 5.74) is 0. The van der Waals surface area contributed by atoms with Crippen LogP contribution in [0.1, 0.15) is 26.7 Å². The molecule has 1 heterocycles. The van der Waals surface area contributed by atoms with Crippen molar-refractivity contribution in [3.05, 3.63) is 0 Å². The van der Waals surface area contributed by atoms with Crippen LogP contribution in [0.2, 0.25) is 0 Å². The Balaban J connectivity index is 2.29. The maximum Gasteiger partial charge on any atom is 0.0961 e. The zero-order valence-corrected chi connectivity index (χ0v) is 10.7. The molecule has 0 spiro atoms. The smallest absolute Gasteiger partial charge is 0.0961 e. The summed E-state index contributed by atoms with van der Waals surface area (Å²) in [6.45, 7) is 7.60. The zero-order chi connectivity index (χ0) is 12.0. The molecule has 1 aliphatic rings. The van der Waals surface area contributed by atoms with E-state index in [9.17, 15) is 5.11 Å². The van der Waals surface area contributed by atoms with Crippen molar-refractivity contribution in [2.45, 2.75) is 44.9 Å². The van der Waals surface area contributed by atoms with Gasteiger partial charge in [-0.2, -0.15) is 0 Å². The van der Waals surface area contributed by atoms with Crippen LogP contribution < -0.4 is 0 Å². The molecule has 0 aromatic heterocycles. The summed E-state index contributed by atoms with van der Waals surface area (Å²) in [5, 5.41) is 9.99. The van der Waals surface area contributed by atoms with Crippen molar-refractivity contribution in [2.75, 3.05) is 33.4 Å². The summed E-state index contributed by atoms with van der Waals surface area (Å²) in [7, 11) is 1.68. The lowest BCUT2D eigenvalue weighted by Crippen LogP contribution is -2.50. The summed E-state index contributed by atoms with van der Waals surface area (Å²) >= 11 is 0. The number of aliphatic hydroxyl groups is 1. The van der Waals surface area contributed by atoms with E-state index >= 15 is 0 Å². The van der Waals surface area contributed by atoms with Crippen LogP contribution in [-0.4, -0.2) is 61.7 Å². The molecule has 4 nitrogen and oxygen atoms in total. The summed E-state index contributed by atoms with van der Waals surface area (Å²) in [4.78, 5) is 2.35. The predicted octanol–water partition coefficient (Wildman–Crippen LogP) is 0.883. The quantitative estimate of drug-likeness (QED) is 0.689. The molecule has 0 radical (unpaired) electrons. The summed E-state index contributed by atoms with van der Waals surface area (Å²) < 4.78 is 10.6. The molecular formula is C12H25NO3. The molecule has 1 fully saturated rings. The highest BCUT2D eigenvalue weighted by atomic mass is 16.5. The second-order valence-corrected chi connectivity index (χ2v) is 4.70. The molecule has 1 rings (SSSR count). The second-order valence-electron chi connectivity index (χ2n) is 4.70. The van der Waals surface area contributed by atoms with E-state index in [-0.39, 0.29) is 12.2 Å². The topological polar surface area (TPSA) is 41.9 Å². The van der Waals surface area contributed by atoms with Crippen molar-refractivity contribution in [3.8, 4) is 0 Å². The standard InChI is InChI=1S/C12H25NO3/c1-10(2)13-6-8-16-12(9-13)11(14)5-4-7-15-3/h10-12,14H,4-9H2,1-3H3. The summed E-state index contributed by atoms with van der Waals surface area (Å²) in [5.74, 6) is 0. The van der Waals surface area contributed by atoms with Gasteiger partial charge in [0.15, 0.2) is 0 Å². The lowest BCUT2D eigenvalue weighted by atomic mass is 10.1. The van der Waals surface area contributed by atoms with Crippen molar-refractivity contribution in [1.82, 2.24) is 4.90 Å². The van der Waals surface area contributed by atoms with Gasteiger partial charge in [-0.1, -0.05) is 0 Å². The highest BCUT2D eigenvalue weighted by molar-refractivity contribution is 4.79. The van der Waals surface area contributed by atoms with Gasteiger partial charge in [0.1, 0.15) is 0 Å². The molecule has 0 aromatic rings. The average molecular weight is 231 g/mol. The van der Waals surface area contributed by atoms with Crippen molar-refractivity contribution in [2.24, 2.45) is 0 Å². The van der Waals surface area contributed by atoms with Crippen molar-refractivity contribution in [3.63, 3.8) is 0 Å². The van der Waals surface area contributed by atoms with Crippen LogP contribution in [0, 0.1) is 0 Å². The number of hydrogen-bond donors (Lipinski definition) is 1. The van der Waals surface area contributed by atoms with E-state index in [1.165, 1.54) is 0 Å². The second kappa shape index (κ2) is 7.22. The van der Waals surface area contributed by atoms with Gasteiger partial charge < -0.3 is 14.6 Å². The van der Waals surface area contributed by atoms with Crippen LogP contribution >= 0.6 is 0 Å². The fourth-order valence-corrected chi connectivity index (χ4v) is 2.02. The van der Waals surface area contributed by atoms with E-state index in [1.54, 1.807) is 7.11 Å². The fraction of sp³-hybridized carbons (Fsp3) is 1.00. The molecule has 96 valence electrons. The van der Waals surface area contributed by atoms with Gasteiger partial charge in [0.2, 0.25) is 0 Å². The Bertz CT molecular complexity index is 187. The van der Waals surface area contributed by atoms with Gasteiger partial charge >= 0.3 is 0 Å². The third-order valence-corrected chi connectivity index (χ3v) is 3.13. The number of aliphatic hydroxyl groups excluding tert-OH is 1. The maximum absolute atomic E-state index is 9.99. The first-order valence-corrected chi connectivity index (χ1v) is 6.17. The number of ether oxygens (including phenoxy) is 2. The molecule has 2 unspecified atom stereocenters. The van der Waals surface area contributed by atoms with Crippen LogP contribution in [0.4, 0.5) is 0 Å². The first kappa shape index (κ1) is 13.9. The van der Waals surface area contributed by atoms with E-state index in [4.69, 9.17) is 9.47 Å². The van der Waals surface area contributed by atoms with Crippen molar-refractivity contribution >= 4 is 0 Å². The van der Waals surface area contributed by atoms with E-state index in [1.807, 2.05) is 0 Å². The molecule has 2 atom stereocenters. The summed E-state index contributed by atoms with van der Waals surface area (Å²) in [6, 6.07) is 0.526. The van der Waals surface area contributed by atoms with Crippen LogP contribution in [0.3, 0.4) is 0 Å². The van der Waals surface area contributed by atoms with Gasteiger partial charge in [0.25, 0.3) is 0 Å². The van der Waals surface area contributed by atoms with Gasteiger partial charge in [0.05, 0.1) is 18.8 Å². The van der Waals surface area contributed by atoms with E-state index in [0.29, 0.717) is 12.6 Å². The minimum absolute atomic E-state index is 0.0343. The highest BCUT2D eigenvalue weighted by Crippen LogP contribution is 2.14. The van der Waals surface area contributed by atoms with Crippen LogP contribution in [0.25, 0.3) is 0 Å². The highest BCUT2D eigenvalue weighted by Gasteiger charge is 2.27. The Morgan fingerprint density at radius 2 is 2.25 bits per heavy atom. The summed E-state index contributed by atoms with van der Waals surface area (Å²) in [6.07, 6.45) is 1.24. The van der Waals surface area contributed by atoms with E-state index in [0.717, 1.165) is 32.5 Å². The van der Waals surface area contributed by atoms with Crippen molar-refractivity contribution < 1.29 is 14.6 Å². The number of methoxy groups -OCH3 is 1. The number of nitrogens with zero attached hydrogens (tertiary/aromatic N) is 1. The number of hydrogen-bond acceptors (Lipinski definition) is 4. The van der Waals surface area contributed by atoms with Gasteiger partial charge in [0, 0.05) is 32.8 Å². The predicted molar refractivity (Wildman–Crippen MR) is 63.6 cm³/mol. The molecular weight excluding hydrogens is 206 g/mol. The molecule has 0 amide bonds. The molecule has 0 bridgehead atoms. The van der Waals surface area contributed by atoms with Crippen LogP contribution in [0.15, 0.2) is 0 Å². The number of morpholine rings is 1. The van der Waals surface area contributed by atoms with Crippen molar-refractivity contribution in [1.29, 1.82) is 0 Å². The average Bonchev–Trinajstić information content (AvgIpc) is 2.29. The molecule has 1 N–H and O–H groups in total. The Hall–Kier alpha value is -0.160. The Morgan fingerprint density at radius 1 is 1.50 bits per heavy atom. The minimum atomic E-state index is -0.364. The fourth-order valence-electron chi connectivity index (χ4n) is 2.02. The van der Waals surface area contributed by atoms with E-state index < -0.39 is 0 Å². The van der Waals surface area contributed by atoms with Crippen LogP contribution in [-0.2, 0) is 9.47 Å². The maximum atomic E-state index is 9.99. The molecule has 16 heavy (non-hydrogen) atoms. The molecule has 0 aliphatic carbocycles. The Kier molecular flexibility index (Phi) is 6.28. The normalized spacial score (nSPS) is 24.9. The first-order chi connectivity index (χ1) is 7.65. The minimum Gasteiger partial charge on any atom is -0.390 e. The van der Waals surface area contributed by atoms with Gasteiger partial charge in [-0.05, 0) is 26.7 Å². The lowest BCUT2D eigenvalue weighted by Gasteiger charge is -2.37. The molecule has 0 aromatic carbocycles. The van der Waals surface area contributed by atoms with Gasteiger partial charge in [-0.25, -0.2) is 0 Å². The SMILES string of the molecule is COCCCC(O)C1CN(C(C)C)CCO1. The van der Waals surface area contributed by atoms with Gasteiger partial charge in [-0.15, -0.1) is 0 Å². The Morgan fingerprint density at radius 3 is 2.88 bits per heavy atom. The third-order valence-electron chi connectivity index (χ3n) is 3.13. The third kappa shape index (κ3) is 4.37. The Labute approximate surface area is 98.5 Å².